The van der Waals surface area contributed by atoms with Gasteiger partial charge in [-0.3, -0.25) is 4.98 Å². The van der Waals surface area contributed by atoms with Crippen LogP contribution in [0.15, 0.2) is 24.5 Å². The summed E-state index contributed by atoms with van der Waals surface area (Å²) in [6.45, 7) is 2.23. The molecule has 4 nitrogen and oxygen atoms in total. The molecule has 0 N–H and O–H groups in total. The summed E-state index contributed by atoms with van der Waals surface area (Å²) in [6, 6.07) is 4.01. The van der Waals surface area contributed by atoms with Gasteiger partial charge < -0.3 is 4.90 Å². The Morgan fingerprint density at radius 1 is 1.00 bits per heavy atom. The Hall–Kier alpha value is -2.01. The number of piperidine rings is 1. The molecular formula is C19H20N4S. The van der Waals surface area contributed by atoms with E-state index in [-0.39, 0.29) is 0 Å². The molecule has 0 saturated carbocycles. The van der Waals surface area contributed by atoms with E-state index in [1.54, 1.807) is 6.20 Å². The van der Waals surface area contributed by atoms with Crippen LogP contribution >= 0.6 is 11.3 Å². The summed E-state index contributed by atoms with van der Waals surface area (Å²) >= 11 is 1.88. The predicted octanol–water partition coefficient (Wildman–Crippen LogP) is 4.23. The monoisotopic (exact) mass is 336 g/mol. The van der Waals surface area contributed by atoms with Gasteiger partial charge in [-0.25, -0.2) is 9.97 Å². The first-order chi connectivity index (χ1) is 11.9. The normalized spacial score (nSPS) is 17.4. The van der Waals surface area contributed by atoms with E-state index in [0.717, 1.165) is 35.1 Å². The zero-order valence-electron chi connectivity index (χ0n) is 13.7. The molecule has 3 aromatic rings. The second kappa shape index (κ2) is 5.81. The number of rotatable bonds is 2. The fourth-order valence-corrected chi connectivity index (χ4v) is 5.19. The highest BCUT2D eigenvalue weighted by Crippen LogP contribution is 2.41. The lowest BCUT2D eigenvalue weighted by Gasteiger charge is -2.28. The van der Waals surface area contributed by atoms with Crippen LogP contribution in [0, 0.1) is 0 Å². The highest BCUT2D eigenvalue weighted by molar-refractivity contribution is 7.19. The summed E-state index contributed by atoms with van der Waals surface area (Å²) in [6.07, 6.45) is 11.2. The molecule has 1 aliphatic carbocycles. The third kappa shape index (κ3) is 2.30. The summed E-state index contributed by atoms with van der Waals surface area (Å²) in [5, 5.41) is 1.34. The lowest BCUT2D eigenvalue weighted by molar-refractivity contribution is 0.574. The number of pyridine rings is 1. The van der Waals surface area contributed by atoms with E-state index in [1.165, 1.54) is 54.4 Å². The van der Waals surface area contributed by atoms with Crippen molar-refractivity contribution in [1.82, 2.24) is 15.0 Å². The first-order valence-electron chi connectivity index (χ1n) is 8.88. The molecule has 0 spiro atoms. The Morgan fingerprint density at radius 3 is 2.75 bits per heavy atom. The summed E-state index contributed by atoms with van der Waals surface area (Å²) in [5.41, 5.74) is 2.53. The molecule has 0 atom stereocenters. The Kier molecular flexibility index (Phi) is 3.47. The zero-order chi connectivity index (χ0) is 15.9. The topological polar surface area (TPSA) is 41.9 Å². The van der Waals surface area contributed by atoms with E-state index in [9.17, 15) is 0 Å². The van der Waals surface area contributed by atoms with Gasteiger partial charge in [0.1, 0.15) is 10.6 Å². The van der Waals surface area contributed by atoms with E-state index in [1.807, 2.05) is 23.6 Å². The maximum Gasteiger partial charge on any atom is 0.164 e. The quantitative estimate of drug-likeness (QED) is 0.702. The zero-order valence-corrected chi connectivity index (χ0v) is 14.5. The Morgan fingerprint density at radius 2 is 1.92 bits per heavy atom. The van der Waals surface area contributed by atoms with E-state index < -0.39 is 0 Å². The molecule has 0 amide bonds. The minimum atomic E-state index is 0.816. The lowest BCUT2D eigenvalue weighted by Crippen LogP contribution is -2.30. The van der Waals surface area contributed by atoms with Crippen molar-refractivity contribution >= 4 is 27.4 Å². The van der Waals surface area contributed by atoms with E-state index in [2.05, 4.69) is 16.0 Å². The van der Waals surface area contributed by atoms with Crippen molar-refractivity contribution in [3.8, 4) is 11.4 Å². The van der Waals surface area contributed by atoms with E-state index >= 15 is 0 Å². The van der Waals surface area contributed by atoms with Gasteiger partial charge in [-0.15, -0.1) is 11.3 Å². The van der Waals surface area contributed by atoms with Gasteiger partial charge in [-0.1, -0.05) is 0 Å². The molecule has 24 heavy (non-hydrogen) atoms. The maximum atomic E-state index is 5.03. The van der Waals surface area contributed by atoms with Gasteiger partial charge in [-0.05, 0) is 56.2 Å². The first-order valence-corrected chi connectivity index (χ1v) is 9.69. The molecule has 0 aromatic carbocycles. The number of anilines is 1. The van der Waals surface area contributed by atoms with Crippen LogP contribution in [0.2, 0.25) is 0 Å². The molecule has 3 aromatic heterocycles. The second-order valence-electron chi connectivity index (χ2n) is 6.70. The van der Waals surface area contributed by atoms with Crippen LogP contribution < -0.4 is 4.90 Å². The maximum absolute atomic E-state index is 5.03. The van der Waals surface area contributed by atoms with Gasteiger partial charge >= 0.3 is 0 Å². The molecule has 122 valence electrons. The van der Waals surface area contributed by atoms with E-state index in [0.29, 0.717) is 0 Å². The second-order valence-corrected chi connectivity index (χ2v) is 7.78. The smallest absolute Gasteiger partial charge is 0.164 e. The molecule has 5 heteroatoms. The Balaban J connectivity index is 1.73. The number of nitrogens with zero attached hydrogens (tertiary/aromatic N) is 4. The van der Waals surface area contributed by atoms with Crippen LogP contribution in [-0.2, 0) is 12.8 Å². The first kappa shape index (κ1) is 14.3. The number of aromatic nitrogens is 3. The van der Waals surface area contributed by atoms with Crippen molar-refractivity contribution in [1.29, 1.82) is 0 Å². The van der Waals surface area contributed by atoms with Gasteiger partial charge in [0.15, 0.2) is 5.82 Å². The Labute approximate surface area is 145 Å². The molecular weight excluding hydrogens is 316 g/mol. The van der Waals surface area contributed by atoms with Crippen molar-refractivity contribution in [3.63, 3.8) is 0 Å². The van der Waals surface area contributed by atoms with Crippen molar-refractivity contribution in [3.05, 3.63) is 35.0 Å². The highest BCUT2D eigenvalue weighted by atomic mass is 32.1. The number of thiophene rings is 1. The summed E-state index contributed by atoms with van der Waals surface area (Å²) in [7, 11) is 0. The molecule has 1 fully saturated rings. The molecule has 0 bridgehead atoms. The largest absolute Gasteiger partial charge is 0.356 e. The van der Waals surface area contributed by atoms with Crippen molar-refractivity contribution < 1.29 is 0 Å². The molecule has 4 heterocycles. The van der Waals surface area contributed by atoms with Crippen molar-refractivity contribution in [2.75, 3.05) is 18.0 Å². The van der Waals surface area contributed by atoms with Crippen LogP contribution in [0.25, 0.3) is 21.6 Å². The highest BCUT2D eigenvalue weighted by Gasteiger charge is 2.25. The fourth-order valence-electron chi connectivity index (χ4n) is 3.94. The van der Waals surface area contributed by atoms with Crippen molar-refractivity contribution in [2.24, 2.45) is 0 Å². The predicted molar refractivity (Wildman–Crippen MR) is 98.7 cm³/mol. The van der Waals surface area contributed by atoms with Crippen LogP contribution in [0.1, 0.15) is 36.1 Å². The summed E-state index contributed by atoms with van der Waals surface area (Å²) in [5.74, 6) is 1.98. The average molecular weight is 336 g/mol. The SMILES string of the molecule is c1cncc(-c2nc(N3CCCCC3)c3c4c(sc3n2)CCC4)c1. The number of hydrogen-bond donors (Lipinski definition) is 0. The molecule has 0 radical (unpaired) electrons. The third-order valence-corrected chi connectivity index (χ3v) is 6.31. The Bertz CT molecular complexity index is 881. The minimum Gasteiger partial charge on any atom is -0.356 e. The average Bonchev–Trinajstić information content (AvgIpc) is 3.23. The fraction of sp³-hybridized carbons (Fsp3) is 0.421. The van der Waals surface area contributed by atoms with Crippen LogP contribution in [0.4, 0.5) is 5.82 Å². The molecule has 0 unspecified atom stereocenters. The van der Waals surface area contributed by atoms with Gasteiger partial charge in [0.05, 0.1) is 5.39 Å². The number of fused-ring (bicyclic) bond motifs is 3. The number of aryl methyl sites for hydroxylation is 2. The van der Waals surface area contributed by atoms with E-state index in [4.69, 9.17) is 9.97 Å². The van der Waals surface area contributed by atoms with Crippen LogP contribution in [0.3, 0.4) is 0 Å². The van der Waals surface area contributed by atoms with Gasteiger partial charge in [0.2, 0.25) is 0 Å². The number of hydrogen-bond acceptors (Lipinski definition) is 5. The standard InChI is InChI=1S/C19H20N4S/c1-2-10-23(11-3-1)18-16-14-7-4-8-15(14)24-19(16)22-17(21-18)13-6-5-9-20-12-13/h5-6,9,12H,1-4,7-8,10-11H2. The van der Waals surface area contributed by atoms with Crippen LogP contribution in [-0.4, -0.2) is 28.0 Å². The molecule has 5 rings (SSSR count). The van der Waals surface area contributed by atoms with Crippen molar-refractivity contribution in [2.45, 2.75) is 38.5 Å². The van der Waals surface area contributed by atoms with Crippen LogP contribution in [0.5, 0.6) is 0 Å². The van der Waals surface area contributed by atoms with Gasteiger partial charge in [-0.2, -0.15) is 0 Å². The van der Waals surface area contributed by atoms with Gasteiger partial charge in [0, 0.05) is 35.9 Å². The summed E-state index contributed by atoms with van der Waals surface area (Å²) < 4.78 is 0. The third-order valence-electron chi connectivity index (χ3n) is 5.12. The summed E-state index contributed by atoms with van der Waals surface area (Å²) in [4.78, 5) is 19.3. The lowest BCUT2D eigenvalue weighted by atomic mass is 10.1. The molecule has 1 saturated heterocycles. The molecule has 1 aliphatic heterocycles. The minimum absolute atomic E-state index is 0.816. The molecule has 2 aliphatic rings. The van der Waals surface area contributed by atoms with Gasteiger partial charge in [0.25, 0.3) is 0 Å².